The fourth-order valence-corrected chi connectivity index (χ4v) is 3.65. The van der Waals surface area contributed by atoms with Gasteiger partial charge in [0.2, 0.25) is 11.8 Å². The van der Waals surface area contributed by atoms with Crippen LogP contribution in [-0.2, 0) is 21.0 Å². The minimum atomic E-state index is -0.721. The SMILES string of the molecule is CC1C=C(CC(=O)N2CC(O)CC2C(=O)NCc2ccc(-c3cnco3)cc2)ON1. The zero-order valence-electron chi connectivity index (χ0n) is 16.6. The van der Waals surface area contributed by atoms with Crippen molar-refractivity contribution >= 4 is 11.8 Å². The van der Waals surface area contributed by atoms with Crippen LogP contribution in [0.1, 0.15) is 25.3 Å². The normalized spacial score (nSPS) is 23.2. The summed E-state index contributed by atoms with van der Waals surface area (Å²) in [6.07, 6.45) is 4.38. The Kier molecular flexibility index (Phi) is 5.82. The summed E-state index contributed by atoms with van der Waals surface area (Å²) in [5.41, 5.74) is 4.56. The van der Waals surface area contributed by atoms with Crippen molar-refractivity contribution in [1.29, 1.82) is 0 Å². The van der Waals surface area contributed by atoms with E-state index in [0.29, 0.717) is 18.1 Å². The number of nitrogens with zero attached hydrogens (tertiary/aromatic N) is 2. The van der Waals surface area contributed by atoms with Gasteiger partial charge in [0, 0.05) is 25.1 Å². The number of nitrogens with one attached hydrogen (secondary N) is 2. The van der Waals surface area contributed by atoms with E-state index < -0.39 is 12.1 Å². The van der Waals surface area contributed by atoms with Gasteiger partial charge in [-0.2, -0.15) is 5.48 Å². The number of hydrogen-bond acceptors (Lipinski definition) is 7. The van der Waals surface area contributed by atoms with Gasteiger partial charge in [0.05, 0.1) is 24.8 Å². The van der Waals surface area contributed by atoms with E-state index in [1.807, 2.05) is 37.3 Å². The summed E-state index contributed by atoms with van der Waals surface area (Å²) < 4.78 is 5.26. The second-order valence-electron chi connectivity index (χ2n) is 7.55. The Bertz CT molecular complexity index is 925. The highest BCUT2D eigenvalue weighted by molar-refractivity contribution is 5.89. The molecular weight excluding hydrogens is 388 g/mol. The van der Waals surface area contributed by atoms with Crippen LogP contribution in [0.5, 0.6) is 0 Å². The number of rotatable bonds is 6. The van der Waals surface area contributed by atoms with Crippen molar-refractivity contribution in [2.24, 2.45) is 0 Å². The lowest BCUT2D eigenvalue weighted by atomic mass is 10.1. The number of β-amino-alcohol motifs (C(OH)–C–C–N with tert-alkyl or cyclic N) is 1. The van der Waals surface area contributed by atoms with Crippen LogP contribution in [0, 0.1) is 0 Å². The molecule has 2 amide bonds. The summed E-state index contributed by atoms with van der Waals surface area (Å²) >= 11 is 0. The van der Waals surface area contributed by atoms with Gasteiger partial charge >= 0.3 is 0 Å². The molecule has 3 N–H and O–H groups in total. The maximum atomic E-state index is 12.7. The molecule has 1 aromatic carbocycles. The fourth-order valence-electron chi connectivity index (χ4n) is 3.65. The average Bonchev–Trinajstić information content (AvgIpc) is 3.48. The second kappa shape index (κ2) is 8.68. The molecule has 3 atom stereocenters. The van der Waals surface area contributed by atoms with E-state index in [2.05, 4.69) is 15.8 Å². The molecule has 9 nitrogen and oxygen atoms in total. The first-order chi connectivity index (χ1) is 14.5. The van der Waals surface area contributed by atoms with Crippen molar-refractivity contribution in [3.05, 3.63) is 54.3 Å². The number of benzene rings is 1. The molecule has 0 spiro atoms. The Balaban J connectivity index is 1.34. The summed E-state index contributed by atoms with van der Waals surface area (Å²) in [5.74, 6) is 0.669. The zero-order valence-corrected chi connectivity index (χ0v) is 16.6. The molecule has 1 aromatic heterocycles. The highest BCUT2D eigenvalue weighted by Crippen LogP contribution is 2.22. The highest BCUT2D eigenvalue weighted by Gasteiger charge is 2.39. The smallest absolute Gasteiger partial charge is 0.243 e. The maximum Gasteiger partial charge on any atom is 0.243 e. The molecule has 158 valence electrons. The van der Waals surface area contributed by atoms with E-state index >= 15 is 0 Å². The van der Waals surface area contributed by atoms with E-state index in [4.69, 9.17) is 9.25 Å². The summed E-state index contributed by atoms with van der Waals surface area (Å²) in [7, 11) is 0. The van der Waals surface area contributed by atoms with Gasteiger partial charge in [-0.3, -0.25) is 9.59 Å². The van der Waals surface area contributed by atoms with Crippen LogP contribution in [0.25, 0.3) is 11.3 Å². The van der Waals surface area contributed by atoms with Crippen molar-refractivity contribution < 1.29 is 24.0 Å². The van der Waals surface area contributed by atoms with Crippen molar-refractivity contribution in [2.75, 3.05) is 6.54 Å². The van der Waals surface area contributed by atoms with E-state index in [1.54, 1.807) is 6.20 Å². The molecule has 4 rings (SSSR count). The summed E-state index contributed by atoms with van der Waals surface area (Å²) in [6.45, 7) is 2.37. The molecule has 0 bridgehead atoms. The summed E-state index contributed by atoms with van der Waals surface area (Å²) in [4.78, 5) is 36.0. The number of carbonyl (C=O) groups is 2. The van der Waals surface area contributed by atoms with Gasteiger partial charge in [-0.05, 0) is 18.6 Å². The van der Waals surface area contributed by atoms with Gasteiger partial charge in [0.25, 0.3) is 0 Å². The van der Waals surface area contributed by atoms with E-state index in [0.717, 1.165) is 11.1 Å². The van der Waals surface area contributed by atoms with Crippen molar-refractivity contribution in [2.45, 2.75) is 44.5 Å². The number of carbonyl (C=O) groups excluding carboxylic acids is 2. The lowest BCUT2D eigenvalue weighted by molar-refractivity contribution is -0.138. The molecule has 3 unspecified atom stereocenters. The van der Waals surface area contributed by atoms with Gasteiger partial charge in [0.15, 0.2) is 12.2 Å². The molecular formula is C21H24N4O5. The number of aliphatic hydroxyl groups excluding tert-OH is 1. The van der Waals surface area contributed by atoms with Gasteiger partial charge in [0.1, 0.15) is 11.8 Å². The number of amides is 2. The Morgan fingerprint density at radius 3 is 2.80 bits per heavy atom. The number of aromatic nitrogens is 1. The molecule has 1 saturated heterocycles. The Morgan fingerprint density at radius 1 is 1.33 bits per heavy atom. The van der Waals surface area contributed by atoms with Crippen molar-refractivity contribution in [3.8, 4) is 11.3 Å². The third-order valence-corrected chi connectivity index (χ3v) is 5.18. The van der Waals surface area contributed by atoms with Gasteiger partial charge in [-0.1, -0.05) is 24.3 Å². The zero-order chi connectivity index (χ0) is 21.1. The first kappa shape index (κ1) is 20.1. The molecule has 9 heteroatoms. The monoisotopic (exact) mass is 412 g/mol. The second-order valence-corrected chi connectivity index (χ2v) is 7.55. The predicted molar refractivity (Wildman–Crippen MR) is 106 cm³/mol. The lowest BCUT2D eigenvalue weighted by Gasteiger charge is -2.23. The molecule has 0 saturated carbocycles. The third kappa shape index (κ3) is 4.52. The number of hydrogen-bond donors (Lipinski definition) is 3. The minimum Gasteiger partial charge on any atom is -0.444 e. The van der Waals surface area contributed by atoms with Gasteiger partial charge in [-0.15, -0.1) is 0 Å². The maximum absolute atomic E-state index is 12.7. The summed E-state index contributed by atoms with van der Waals surface area (Å²) in [6, 6.07) is 6.90. The molecule has 0 aliphatic carbocycles. The predicted octanol–water partition coefficient (Wildman–Crippen LogP) is 1.12. The Hall–Kier alpha value is -3.17. The van der Waals surface area contributed by atoms with E-state index in [-0.39, 0.29) is 37.2 Å². The van der Waals surface area contributed by atoms with Crippen molar-refractivity contribution in [1.82, 2.24) is 20.7 Å². The summed E-state index contributed by atoms with van der Waals surface area (Å²) in [5, 5.41) is 12.9. The van der Waals surface area contributed by atoms with Crippen LogP contribution >= 0.6 is 0 Å². The first-order valence-electron chi connectivity index (χ1n) is 9.85. The topological polar surface area (TPSA) is 117 Å². The molecule has 2 aliphatic rings. The van der Waals surface area contributed by atoms with Crippen LogP contribution in [0.3, 0.4) is 0 Å². The van der Waals surface area contributed by atoms with Crippen LogP contribution in [0.2, 0.25) is 0 Å². The van der Waals surface area contributed by atoms with Crippen LogP contribution < -0.4 is 10.8 Å². The van der Waals surface area contributed by atoms with Crippen molar-refractivity contribution in [3.63, 3.8) is 0 Å². The van der Waals surface area contributed by atoms with E-state index in [1.165, 1.54) is 11.3 Å². The largest absolute Gasteiger partial charge is 0.444 e. The first-order valence-corrected chi connectivity index (χ1v) is 9.85. The molecule has 0 radical (unpaired) electrons. The number of oxazole rings is 1. The van der Waals surface area contributed by atoms with Crippen LogP contribution in [0.4, 0.5) is 0 Å². The van der Waals surface area contributed by atoms with E-state index in [9.17, 15) is 14.7 Å². The molecule has 1 fully saturated rings. The number of aliphatic hydroxyl groups is 1. The molecule has 3 heterocycles. The van der Waals surface area contributed by atoms with Crippen LogP contribution in [0.15, 0.2) is 53.1 Å². The molecule has 2 aromatic rings. The fraction of sp³-hybridized carbons (Fsp3) is 0.381. The standard InChI is InChI=1S/C21H24N4O5/c1-13-6-17(30-24-13)8-20(27)25-11-16(26)7-18(25)21(28)23-9-14-2-4-15(5-3-14)19-10-22-12-29-19/h2-6,10,12-13,16,18,24,26H,7-9,11H2,1H3,(H,23,28). The minimum absolute atomic E-state index is 0.0338. The quantitative estimate of drug-likeness (QED) is 0.651. The lowest BCUT2D eigenvalue weighted by Crippen LogP contribution is -2.45. The number of likely N-dealkylation sites (tertiary alicyclic amines) is 1. The Morgan fingerprint density at radius 2 is 2.13 bits per heavy atom. The average molecular weight is 412 g/mol. The number of hydroxylamine groups is 1. The van der Waals surface area contributed by atoms with Crippen LogP contribution in [-0.4, -0.2) is 51.5 Å². The van der Waals surface area contributed by atoms with Gasteiger partial charge in [-0.25, -0.2) is 4.98 Å². The third-order valence-electron chi connectivity index (χ3n) is 5.18. The molecule has 30 heavy (non-hydrogen) atoms. The Labute approximate surface area is 173 Å². The molecule has 2 aliphatic heterocycles. The van der Waals surface area contributed by atoms with Gasteiger partial charge < -0.3 is 24.6 Å². The highest BCUT2D eigenvalue weighted by atomic mass is 16.7.